The van der Waals surface area contributed by atoms with E-state index in [9.17, 15) is 23.1 Å². The zero-order valence-corrected chi connectivity index (χ0v) is 13.2. The Morgan fingerprint density at radius 1 is 1.63 bits per heavy atom. The van der Waals surface area contributed by atoms with Crippen LogP contribution in [0.25, 0.3) is 0 Å². The van der Waals surface area contributed by atoms with Gasteiger partial charge in [0.05, 0.1) is 24.5 Å². The number of carbonyl (C=O) groups is 2. The zero-order chi connectivity index (χ0) is 13.7. The van der Waals surface area contributed by atoms with Crippen molar-refractivity contribution in [2.75, 3.05) is 0 Å². The number of carboxylic acids is 1. The van der Waals surface area contributed by atoms with Gasteiger partial charge in [-0.2, -0.15) is 5.26 Å². The number of hydrogen-bond donors (Lipinski definition) is 0. The standard InChI is InChI=1S/C10H10N2O5S.Na/c1-10(3-2-4-11)8(9(14)15)12-6(13)5-7(12)18(10,16)17;/h2-3,7-8H,5H2,1H3,(H,14,15);/q;+1/p-1/t7-,8+,10+;/m1./s1. The molecule has 0 unspecified atom stereocenters. The van der Waals surface area contributed by atoms with Crippen LogP contribution in [0.1, 0.15) is 13.3 Å². The van der Waals surface area contributed by atoms with Crippen molar-refractivity contribution in [1.29, 1.82) is 5.26 Å². The average Bonchev–Trinajstić information content (AvgIpc) is 2.41. The molecular weight excluding hydrogens is 283 g/mol. The van der Waals surface area contributed by atoms with Gasteiger partial charge < -0.3 is 14.8 Å². The van der Waals surface area contributed by atoms with Gasteiger partial charge in [-0.15, -0.1) is 0 Å². The number of fused-ring (bicyclic) bond motifs is 1. The third-order valence-electron chi connectivity index (χ3n) is 3.45. The Hall–Kier alpha value is -0.880. The molecule has 0 saturated carbocycles. The van der Waals surface area contributed by atoms with Gasteiger partial charge >= 0.3 is 29.6 Å². The van der Waals surface area contributed by atoms with Gasteiger partial charge in [0.25, 0.3) is 0 Å². The van der Waals surface area contributed by atoms with E-state index >= 15 is 0 Å². The summed E-state index contributed by atoms with van der Waals surface area (Å²) in [4.78, 5) is 23.3. The Kier molecular flexibility index (Phi) is 4.17. The van der Waals surface area contributed by atoms with Crippen molar-refractivity contribution in [3.05, 3.63) is 12.2 Å². The number of carbonyl (C=O) groups excluding carboxylic acids is 2. The molecule has 0 aromatic carbocycles. The predicted octanol–water partition coefficient (Wildman–Crippen LogP) is -5.07. The van der Waals surface area contributed by atoms with Crippen LogP contribution in [0.5, 0.6) is 0 Å². The maximum absolute atomic E-state index is 12.2. The number of aliphatic carboxylic acids is 1. The van der Waals surface area contributed by atoms with Crippen LogP contribution in [-0.2, 0) is 19.4 Å². The van der Waals surface area contributed by atoms with Gasteiger partial charge in [-0.1, -0.05) is 6.08 Å². The molecule has 96 valence electrons. The Morgan fingerprint density at radius 2 is 2.21 bits per heavy atom. The van der Waals surface area contributed by atoms with E-state index in [2.05, 4.69) is 0 Å². The maximum atomic E-state index is 12.2. The fourth-order valence-corrected chi connectivity index (χ4v) is 4.70. The molecule has 2 saturated heterocycles. The van der Waals surface area contributed by atoms with E-state index in [-0.39, 0.29) is 36.0 Å². The van der Waals surface area contributed by atoms with E-state index in [4.69, 9.17) is 5.26 Å². The molecule has 0 radical (unpaired) electrons. The Balaban J connectivity index is 0.00000180. The molecule has 7 nitrogen and oxygen atoms in total. The number of β-lactam (4-membered cyclic amide) rings is 1. The van der Waals surface area contributed by atoms with Crippen LogP contribution >= 0.6 is 0 Å². The Labute approximate surface area is 132 Å². The van der Waals surface area contributed by atoms with Crippen molar-refractivity contribution in [3.63, 3.8) is 0 Å². The van der Waals surface area contributed by atoms with E-state index in [0.29, 0.717) is 0 Å². The number of nitriles is 1. The van der Waals surface area contributed by atoms with Crippen LogP contribution in [-0.4, -0.2) is 41.4 Å². The monoisotopic (exact) mass is 292 g/mol. The normalized spacial score (nSPS) is 35.2. The molecule has 2 fully saturated rings. The molecule has 19 heavy (non-hydrogen) atoms. The van der Waals surface area contributed by atoms with Crippen molar-refractivity contribution in [1.82, 2.24) is 4.90 Å². The molecule has 9 heteroatoms. The fourth-order valence-electron chi connectivity index (χ4n) is 2.43. The smallest absolute Gasteiger partial charge is 0.548 e. The Morgan fingerprint density at radius 3 is 2.63 bits per heavy atom. The number of rotatable bonds is 2. The number of carboxylic acid groups (broad SMARTS) is 1. The largest absolute Gasteiger partial charge is 1.00 e. The zero-order valence-electron chi connectivity index (χ0n) is 10.4. The number of nitrogens with zero attached hydrogens (tertiary/aromatic N) is 2. The minimum atomic E-state index is -3.88. The molecule has 0 aliphatic carbocycles. The van der Waals surface area contributed by atoms with Crippen molar-refractivity contribution >= 4 is 21.7 Å². The van der Waals surface area contributed by atoms with Crippen LogP contribution in [0, 0.1) is 11.3 Å². The van der Waals surface area contributed by atoms with E-state index in [1.807, 2.05) is 0 Å². The second-order valence-electron chi connectivity index (χ2n) is 4.37. The predicted molar refractivity (Wildman–Crippen MR) is 56.1 cm³/mol. The van der Waals surface area contributed by atoms with Gasteiger partial charge in [0, 0.05) is 6.08 Å². The van der Waals surface area contributed by atoms with Gasteiger partial charge in [0.2, 0.25) is 5.91 Å². The summed E-state index contributed by atoms with van der Waals surface area (Å²) in [7, 11) is -3.88. The number of amides is 1. The third kappa shape index (κ3) is 1.92. The quantitative estimate of drug-likeness (QED) is 0.285. The molecule has 2 rings (SSSR count). The summed E-state index contributed by atoms with van der Waals surface area (Å²) in [6.07, 6.45) is 1.69. The molecule has 0 N–H and O–H groups in total. The summed E-state index contributed by atoms with van der Waals surface area (Å²) in [6, 6.07) is 0.0317. The average molecular weight is 292 g/mol. The van der Waals surface area contributed by atoms with Crippen molar-refractivity contribution < 1.29 is 52.7 Å². The van der Waals surface area contributed by atoms with Crippen LogP contribution in [0.4, 0.5) is 0 Å². The molecule has 0 bridgehead atoms. The second-order valence-corrected chi connectivity index (χ2v) is 6.89. The van der Waals surface area contributed by atoms with E-state index in [1.165, 1.54) is 6.92 Å². The van der Waals surface area contributed by atoms with Crippen molar-refractivity contribution in [2.24, 2.45) is 0 Å². The number of hydrogen-bond acceptors (Lipinski definition) is 6. The molecule has 2 aliphatic heterocycles. The number of sulfone groups is 1. The first-order valence-corrected chi connectivity index (χ1v) is 6.65. The summed E-state index contributed by atoms with van der Waals surface area (Å²) in [5.41, 5.74) is 0. The first-order chi connectivity index (χ1) is 8.27. The molecule has 2 heterocycles. The van der Waals surface area contributed by atoms with Gasteiger partial charge in [-0.3, -0.25) is 4.79 Å². The topological polar surface area (TPSA) is 118 Å². The Bertz CT molecular complexity index is 608. The molecule has 0 aromatic heterocycles. The maximum Gasteiger partial charge on any atom is 1.00 e. The van der Waals surface area contributed by atoms with Gasteiger partial charge in [0.15, 0.2) is 9.84 Å². The molecule has 2 aliphatic rings. The van der Waals surface area contributed by atoms with E-state index in [1.54, 1.807) is 6.07 Å². The second kappa shape index (κ2) is 4.90. The van der Waals surface area contributed by atoms with E-state index in [0.717, 1.165) is 17.1 Å². The van der Waals surface area contributed by atoms with Gasteiger partial charge in [0.1, 0.15) is 10.1 Å². The summed E-state index contributed by atoms with van der Waals surface area (Å²) < 4.78 is 22.6. The first kappa shape index (κ1) is 16.2. The van der Waals surface area contributed by atoms with E-state index < -0.39 is 37.9 Å². The van der Waals surface area contributed by atoms with Crippen molar-refractivity contribution in [3.8, 4) is 6.07 Å². The molecular formula is C10H9N2NaO5S. The third-order valence-corrected chi connectivity index (χ3v) is 6.15. The van der Waals surface area contributed by atoms with Crippen molar-refractivity contribution in [2.45, 2.75) is 29.5 Å². The van der Waals surface area contributed by atoms with Crippen LogP contribution in [0.15, 0.2) is 12.2 Å². The van der Waals surface area contributed by atoms with Crippen LogP contribution in [0.3, 0.4) is 0 Å². The van der Waals surface area contributed by atoms with Crippen LogP contribution in [0.2, 0.25) is 0 Å². The molecule has 0 spiro atoms. The number of allylic oxidation sites excluding steroid dienone is 1. The van der Waals surface area contributed by atoms with Crippen LogP contribution < -0.4 is 34.7 Å². The minimum absolute atomic E-state index is 0. The van der Waals surface area contributed by atoms with Gasteiger partial charge in [-0.05, 0) is 6.92 Å². The summed E-state index contributed by atoms with van der Waals surface area (Å²) in [6.45, 7) is 1.18. The molecule has 0 aromatic rings. The summed E-state index contributed by atoms with van der Waals surface area (Å²) >= 11 is 0. The minimum Gasteiger partial charge on any atom is -0.548 e. The molecule has 1 amide bonds. The molecule has 3 atom stereocenters. The summed E-state index contributed by atoms with van der Waals surface area (Å²) in [5, 5.41) is 18.5. The first-order valence-electron chi connectivity index (χ1n) is 5.10. The SMILES string of the molecule is C[C@]1(C=CC#N)[C@H](C(=O)[O-])N2C(=O)C[C@H]2S1(=O)=O.[Na+]. The van der Waals surface area contributed by atoms with Gasteiger partial charge in [-0.25, -0.2) is 8.42 Å². The fraction of sp³-hybridized carbons (Fsp3) is 0.500. The summed E-state index contributed by atoms with van der Waals surface area (Å²) in [5.74, 6) is -2.17.